The molecule has 0 saturated heterocycles. The molecule has 0 aliphatic rings. The summed E-state index contributed by atoms with van der Waals surface area (Å²) in [5, 5.41) is 5.13. The highest BCUT2D eigenvalue weighted by atomic mass is 32.1. The van der Waals surface area contributed by atoms with Gasteiger partial charge in [0.15, 0.2) is 0 Å². The third kappa shape index (κ3) is 3.48. The van der Waals surface area contributed by atoms with Gasteiger partial charge in [-0.1, -0.05) is 91.0 Å². The molecule has 0 spiro atoms. The van der Waals surface area contributed by atoms with Crippen LogP contribution in [0.5, 0.6) is 0 Å². The molecule has 184 valence electrons. The van der Waals surface area contributed by atoms with Crippen molar-refractivity contribution >= 4 is 70.4 Å². The number of para-hydroxylation sites is 4. The lowest BCUT2D eigenvalue weighted by molar-refractivity contribution is 1.17. The zero-order valence-electron chi connectivity index (χ0n) is 21.2. The van der Waals surface area contributed by atoms with Gasteiger partial charge in [0.05, 0.1) is 16.7 Å². The summed E-state index contributed by atoms with van der Waals surface area (Å²) in [7, 11) is 0. The van der Waals surface area contributed by atoms with Gasteiger partial charge < -0.3 is 9.47 Å². The molecule has 0 fully saturated rings. The fourth-order valence-corrected chi connectivity index (χ4v) is 7.02. The largest absolute Gasteiger partial charge is 0.308 e. The van der Waals surface area contributed by atoms with E-state index in [0.29, 0.717) is 0 Å². The molecule has 3 heteroatoms. The van der Waals surface area contributed by atoms with E-state index in [-0.39, 0.29) is 0 Å². The lowest BCUT2D eigenvalue weighted by atomic mass is 10.1. The lowest BCUT2D eigenvalue weighted by Gasteiger charge is -2.27. The smallest absolute Gasteiger partial charge is 0.0782 e. The summed E-state index contributed by atoms with van der Waals surface area (Å²) in [6, 6.07) is 52.4. The van der Waals surface area contributed by atoms with Crippen molar-refractivity contribution in [3.05, 3.63) is 146 Å². The molecule has 0 bridgehead atoms. The molecular weight excluding hydrogens is 492 g/mol. The van der Waals surface area contributed by atoms with Gasteiger partial charge in [-0.25, -0.2) is 0 Å². The highest BCUT2D eigenvalue weighted by molar-refractivity contribution is 7.25. The van der Waals surface area contributed by atoms with Crippen molar-refractivity contribution in [3.63, 3.8) is 0 Å². The predicted octanol–water partition coefficient (Wildman–Crippen LogP) is 10.6. The van der Waals surface area contributed by atoms with Gasteiger partial charge >= 0.3 is 0 Å². The Morgan fingerprint density at radius 3 is 1.97 bits per heavy atom. The van der Waals surface area contributed by atoms with E-state index in [4.69, 9.17) is 0 Å². The second-order valence-electron chi connectivity index (χ2n) is 9.81. The molecule has 0 unspecified atom stereocenters. The molecule has 0 N–H and O–H groups in total. The van der Waals surface area contributed by atoms with E-state index < -0.39 is 0 Å². The number of fused-ring (bicyclic) bond motifs is 6. The molecule has 2 aromatic heterocycles. The normalized spacial score (nSPS) is 11.6. The van der Waals surface area contributed by atoms with E-state index in [1.54, 1.807) is 0 Å². The standard InChI is InChI=1S/C36H24N2S/c1-3-12-25(13-4-1)37(27-22-23-30-29-17-8-10-21-34(29)39-35(30)24-27)33-20-11-18-31-28-16-7-9-19-32(28)38(36(31)33)26-14-5-2-6-15-26/h1-24H. The quantitative estimate of drug-likeness (QED) is 0.226. The summed E-state index contributed by atoms with van der Waals surface area (Å²) in [5.74, 6) is 0. The minimum Gasteiger partial charge on any atom is -0.308 e. The first-order valence-corrected chi connectivity index (χ1v) is 14.0. The molecule has 0 radical (unpaired) electrons. The number of hydrogen-bond donors (Lipinski definition) is 0. The van der Waals surface area contributed by atoms with Crippen LogP contribution in [-0.2, 0) is 0 Å². The van der Waals surface area contributed by atoms with Crippen LogP contribution < -0.4 is 4.90 Å². The molecule has 0 atom stereocenters. The first-order valence-electron chi connectivity index (χ1n) is 13.2. The van der Waals surface area contributed by atoms with Crippen LogP contribution in [0.2, 0.25) is 0 Å². The number of benzene rings is 6. The van der Waals surface area contributed by atoms with Crippen LogP contribution in [0.3, 0.4) is 0 Å². The van der Waals surface area contributed by atoms with Crippen molar-refractivity contribution in [2.24, 2.45) is 0 Å². The molecule has 8 rings (SSSR count). The third-order valence-electron chi connectivity index (χ3n) is 7.56. The topological polar surface area (TPSA) is 8.17 Å². The van der Waals surface area contributed by atoms with Crippen LogP contribution in [0.15, 0.2) is 146 Å². The van der Waals surface area contributed by atoms with E-state index in [1.807, 2.05) is 11.3 Å². The molecule has 6 aromatic carbocycles. The number of hydrogen-bond acceptors (Lipinski definition) is 2. The lowest BCUT2D eigenvalue weighted by Crippen LogP contribution is -2.11. The minimum absolute atomic E-state index is 1.13. The molecular formula is C36H24N2S. The Labute approximate surface area is 230 Å². The average Bonchev–Trinajstić information content (AvgIpc) is 3.54. The van der Waals surface area contributed by atoms with Crippen LogP contribution in [0.1, 0.15) is 0 Å². The second-order valence-corrected chi connectivity index (χ2v) is 10.9. The summed E-state index contributed by atoms with van der Waals surface area (Å²) in [4.78, 5) is 2.41. The number of anilines is 3. The zero-order valence-corrected chi connectivity index (χ0v) is 22.0. The summed E-state index contributed by atoms with van der Waals surface area (Å²) in [6.07, 6.45) is 0. The molecule has 2 heterocycles. The molecule has 0 aliphatic carbocycles. The van der Waals surface area contributed by atoms with Gasteiger partial charge in [0, 0.05) is 48.0 Å². The SMILES string of the molecule is c1ccc(N(c2ccc3c(c2)sc2ccccc23)c2cccc3c4ccccc4n(-c4ccccc4)c23)cc1. The Bertz CT molecular complexity index is 2120. The molecule has 8 aromatic rings. The van der Waals surface area contributed by atoms with Gasteiger partial charge in [0.1, 0.15) is 0 Å². The van der Waals surface area contributed by atoms with Crippen molar-refractivity contribution in [2.75, 3.05) is 4.90 Å². The van der Waals surface area contributed by atoms with E-state index in [0.717, 1.165) is 22.7 Å². The van der Waals surface area contributed by atoms with Gasteiger partial charge in [-0.15, -0.1) is 11.3 Å². The van der Waals surface area contributed by atoms with Gasteiger partial charge in [-0.3, -0.25) is 0 Å². The van der Waals surface area contributed by atoms with Gasteiger partial charge in [-0.2, -0.15) is 0 Å². The summed E-state index contributed by atoms with van der Waals surface area (Å²) >= 11 is 1.86. The van der Waals surface area contributed by atoms with Crippen molar-refractivity contribution in [3.8, 4) is 5.69 Å². The third-order valence-corrected chi connectivity index (χ3v) is 8.70. The maximum Gasteiger partial charge on any atom is 0.0782 e. The Hall–Kier alpha value is -4.86. The van der Waals surface area contributed by atoms with Gasteiger partial charge in [0.2, 0.25) is 0 Å². The van der Waals surface area contributed by atoms with Crippen molar-refractivity contribution < 1.29 is 0 Å². The van der Waals surface area contributed by atoms with E-state index >= 15 is 0 Å². The fraction of sp³-hybridized carbons (Fsp3) is 0. The number of rotatable bonds is 4. The Kier molecular flexibility index (Phi) is 5.04. The minimum atomic E-state index is 1.13. The number of aromatic nitrogens is 1. The Morgan fingerprint density at radius 1 is 0.462 bits per heavy atom. The molecule has 0 saturated carbocycles. The van der Waals surface area contributed by atoms with Crippen LogP contribution in [0, 0.1) is 0 Å². The Balaban J connectivity index is 1.46. The van der Waals surface area contributed by atoms with E-state index in [9.17, 15) is 0 Å². The summed E-state index contributed by atoms with van der Waals surface area (Å²) in [5.41, 5.74) is 7.00. The molecule has 0 aliphatic heterocycles. The second kappa shape index (κ2) is 8.87. The predicted molar refractivity (Wildman–Crippen MR) is 168 cm³/mol. The monoisotopic (exact) mass is 516 g/mol. The molecule has 2 nitrogen and oxygen atoms in total. The molecule has 0 amide bonds. The summed E-state index contributed by atoms with van der Waals surface area (Å²) < 4.78 is 5.03. The first-order chi connectivity index (χ1) is 19.4. The van der Waals surface area contributed by atoms with Crippen molar-refractivity contribution in [2.45, 2.75) is 0 Å². The number of thiophene rings is 1. The Morgan fingerprint density at radius 2 is 1.13 bits per heavy atom. The van der Waals surface area contributed by atoms with E-state index in [2.05, 4.69) is 155 Å². The van der Waals surface area contributed by atoms with Crippen LogP contribution in [0.25, 0.3) is 47.7 Å². The van der Waals surface area contributed by atoms with E-state index in [1.165, 1.54) is 42.0 Å². The zero-order chi connectivity index (χ0) is 25.8. The average molecular weight is 517 g/mol. The molecule has 39 heavy (non-hydrogen) atoms. The van der Waals surface area contributed by atoms with Crippen LogP contribution in [-0.4, -0.2) is 4.57 Å². The van der Waals surface area contributed by atoms with Gasteiger partial charge in [0.25, 0.3) is 0 Å². The maximum atomic E-state index is 2.41. The highest BCUT2D eigenvalue weighted by Crippen LogP contribution is 2.45. The van der Waals surface area contributed by atoms with Crippen LogP contribution >= 0.6 is 11.3 Å². The first kappa shape index (κ1) is 22.2. The van der Waals surface area contributed by atoms with Crippen molar-refractivity contribution in [1.29, 1.82) is 0 Å². The summed E-state index contributed by atoms with van der Waals surface area (Å²) in [6.45, 7) is 0. The van der Waals surface area contributed by atoms with Crippen LogP contribution in [0.4, 0.5) is 17.1 Å². The van der Waals surface area contributed by atoms with Gasteiger partial charge in [-0.05, 0) is 54.6 Å². The fourth-order valence-electron chi connectivity index (χ4n) is 5.88. The highest BCUT2D eigenvalue weighted by Gasteiger charge is 2.21. The number of nitrogens with zero attached hydrogens (tertiary/aromatic N) is 2. The maximum absolute atomic E-state index is 2.41. The van der Waals surface area contributed by atoms with Crippen molar-refractivity contribution in [1.82, 2.24) is 4.57 Å².